The lowest BCUT2D eigenvalue weighted by Gasteiger charge is -2.06. The highest BCUT2D eigenvalue weighted by molar-refractivity contribution is 5.16. The van der Waals surface area contributed by atoms with Crippen LogP contribution in [0.3, 0.4) is 0 Å². The summed E-state index contributed by atoms with van der Waals surface area (Å²) in [6, 6.07) is 6.57. The normalized spacial score (nSPS) is 12.8. The molecular formula is C11H16FNO. The third kappa shape index (κ3) is 4.35. The van der Waals surface area contributed by atoms with Crippen LogP contribution < -0.4 is 5.32 Å². The lowest BCUT2D eigenvalue weighted by Crippen LogP contribution is -2.26. The van der Waals surface area contributed by atoms with E-state index in [0.29, 0.717) is 6.54 Å². The summed E-state index contributed by atoms with van der Waals surface area (Å²) in [5.74, 6) is -0.196. The second-order valence-corrected chi connectivity index (χ2v) is 3.43. The number of hydrogen-bond donors (Lipinski definition) is 2. The molecule has 1 rings (SSSR count). The Balaban J connectivity index is 2.25. The van der Waals surface area contributed by atoms with Crippen LogP contribution in [0, 0.1) is 5.82 Å². The topological polar surface area (TPSA) is 32.3 Å². The summed E-state index contributed by atoms with van der Waals surface area (Å²) in [5.41, 5.74) is 0.975. The lowest BCUT2D eigenvalue weighted by atomic mass is 10.1. The zero-order valence-corrected chi connectivity index (χ0v) is 8.33. The number of halogens is 1. The molecule has 2 nitrogen and oxygen atoms in total. The smallest absolute Gasteiger partial charge is 0.123 e. The van der Waals surface area contributed by atoms with E-state index in [1.807, 2.05) is 6.07 Å². The molecule has 0 saturated carbocycles. The number of hydrogen-bond acceptors (Lipinski definition) is 2. The molecule has 14 heavy (non-hydrogen) atoms. The molecule has 0 unspecified atom stereocenters. The first kappa shape index (κ1) is 11.1. The van der Waals surface area contributed by atoms with Crippen molar-refractivity contribution in [3.8, 4) is 0 Å². The van der Waals surface area contributed by atoms with Crippen LogP contribution in [0.15, 0.2) is 24.3 Å². The van der Waals surface area contributed by atoms with Crippen molar-refractivity contribution in [1.29, 1.82) is 0 Å². The summed E-state index contributed by atoms with van der Waals surface area (Å²) < 4.78 is 12.7. The van der Waals surface area contributed by atoms with E-state index in [-0.39, 0.29) is 11.9 Å². The van der Waals surface area contributed by atoms with Gasteiger partial charge in [0.2, 0.25) is 0 Å². The summed E-state index contributed by atoms with van der Waals surface area (Å²) >= 11 is 0. The minimum atomic E-state index is -0.331. The van der Waals surface area contributed by atoms with E-state index in [4.69, 9.17) is 5.11 Å². The average Bonchev–Trinajstić information content (AvgIpc) is 2.12. The largest absolute Gasteiger partial charge is 0.392 e. The van der Waals surface area contributed by atoms with Crippen molar-refractivity contribution in [3.05, 3.63) is 35.6 Å². The summed E-state index contributed by atoms with van der Waals surface area (Å²) in [5, 5.41) is 12.1. The molecule has 0 saturated heterocycles. The van der Waals surface area contributed by atoms with Crippen LogP contribution in [-0.4, -0.2) is 24.3 Å². The van der Waals surface area contributed by atoms with Crippen LogP contribution in [-0.2, 0) is 6.42 Å². The van der Waals surface area contributed by atoms with Gasteiger partial charge in [0, 0.05) is 6.54 Å². The van der Waals surface area contributed by atoms with Crippen molar-refractivity contribution in [2.75, 3.05) is 13.1 Å². The Hall–Kier alpha value is -0.930. The average molecular weight is 197 g/mol. The van der Waals surface area contributed by atoms with Gasteiger partial charge in [0.05, 0.1) is 6.10 Å². The van der Waals surface area contributed by atoms with Gasteiger partial charge in [0.25, 0.3) is 0 Å². The van der Waals surface area contributed by atoms with Crippen molar-refractivity contribution in [1.82, 2.24) is 5.32 Å². The fourth-order valence-corrected chi connectivity index (χ4v) is 1.24. The van der Waals surface area contributed by atoms with E-state index >= 15 is 0 Å². The highest BCUT2D eigenvalue weighted by Crippen LogP contribution is 2.03. The first-order chi connectivity index (χ1) is 6.68. The minimum absolute atomic E-state index is 0.196. The van der Waals surface area contributed by atoms with Gasteiger partial charge < -0.3 is 10.4 Å². The standard InChI is InChI=1S/C11H16FNO/c1-9(14)8-13-6-5-10-3-2-4-11(12)7-10/h2-4,7,9,13-14H,5-6,8H2,1H3/t9-/m1/s1. The SMILES string of the molecule is C[C@@H](O)CNCCc1cccc(F)c1. The van der Waals surface area contributed by atoms with Crippen molar-refractivity contribution < 1.29 is 9.50 Å². The van der Waals surface area contributed by atoms with Gasteiger partial charge in [-0.25, -0.2) is 4.39 Å². The molecule has 2 N–H and O–H groups in total. The van der Waals surface area contributed by atoms with Crippen molar-refractivity contribution in [2.24, 2.45) is 0 Å². The zero-order valence-electron chi connectivity index (χ0n) is 8.33. The molecule has 0 aliphatic rings. The Bertz CT molecular complexity index is 276. The molecule has 0 aliphatic carbocycles. The van der Waals surface area contributed by atoms with E-state index < -0.39 is 0 Å². The molecule has 0 aromatic heterocycles. The quantitative estimate of drug-likeness (QED) is 0.698. The lowest BCUT2D eigenvalue weighted by molar-refractivity contribution is 0.191. The second-order valence-electron chi connectivity index (χ2n) is 3.43. The highest BCUT2D eigenvalue weighted by atomic mass is 19.1. The fraction of sp³-hybridized carbons (Fsp3) is 0.455. The Labute approximate surface area is 83.8 Å². The molecule has 1 atom stereocenters. The highest BCUT2D eigenvalue weighted by Gasteiger charge is 1.96. The van der Waals surface area contributed by atoms with Crippen LogP contribution in [0.4, 0.5) is 4.39 Å². The monoisotopic (exact) mass is 197 g/mol. The molecule has 1 aromatic rings. The number of aliphatic hydroxyl groups is 1. The minimum Gasteiger partial charge on any atom is -0.392 e. The van der Waals surface area contributed by atoms with E-state index in [1.54, 1.807) is 13.0 Å². The molecule has 0 fully saturated rings. The Morgan fingerprint density at radius 3 is 2.93 bits per heavy atom. The summed E-state index contributed by atoms with van der Waals surface area (Å²) in [7, 11) is 0. The van der Waals surface area contributed by atoms with Gasteiger partial charge in [0.1, 0.15) is 5.82 Å². The molecule has 0 spiro atoms. The van der Waals surface area contributed by atoms with Gasteiger partial charge in [-0.05, 0) is 37.6 Å². The Kier molecular flexibility index (Phi) is 4.56. The van der Waals surface area contributed by atoms with E-state index in [9.17, 15) is 4.39 Å². The van der Waals surface area contributed by atoms with Crippen LogP contribution in [0.1, 0.15) is 12.5 Å². The molecule has 1 aromatic carbocycles. The van der Waals surface area contributed by atoms with Crippen LogP contribution in [0.5, 0.6) is 0 Å². The fourth-order valence-electron chi connectivity index (χ4n) is 1.24. The predicted molar refractivity (Wildman–Crippen MR) is 54.7 cm³/mol. The van der Waals surface area contributed by atoms with E-state index in [0.717, 1.165) is 18.5 Å². The Morgan fingerprint density at radius 2 is 2.29 bits per heavy atom. The number of benzene rings is 1. The third-order valence-corrected chi connectivity index (χ3v) is 1.92. The van der Waals surface area contributed by atoms with E-state index in [1.165, 1.54) is 12.1 Å². The van der Waals surface area contributed by atoms with Crippen LogP contribution in [0.2, 0.25) is 0 Å². The van der Waals surface area contributed by atoms with E-state index in [2.05, 4.69) is 5.32 Å². The molecule has 3 heteroatoms. The molecule has 0 amide bonds. The number of aliphatic hydroxyl groups excluding tert-OH is 1. The van der Waals surface area contributed by atoms with Gasteiger partial charge in [-0.3, -0.25) is 0 Å². The summed E-state index contributed by atoms with van der Waals surface area (Å²) in [6.45, 7) is 3.07. The van der Waals surface area contributed by atoms with Crippen molar-refractivity contribution in [2.45, 2.75) is 19.4 Å². The molecule has 78 valence electrons. The molecular weight excluding hydrogens is 181 g/mol. The van der Waals surface area contributed by atoms with Gasteiger partial charge in [-0.2, -0.15) is 0 Å². The molecule has 0 radical (unpaired) electrons. The molecule has 0 bridgehead atoms. The number of rotatable bonds is 5. The first-order valence-corrected chi connectivity index (χ1v) is 4.81. The second kappa shape index (κ2) is 5.73. The predicted octanol–water partition coefficient (Wildman–Crippen LogP) is 1.34. The zero-order chi connectivity index (χ0) is 10.4. The first-order valence-electron chi connectivity index (χ1n) is 4.81. The van der Waals surface area contributed by atoms with Gasteiger partial charge in [0.15, 0.2) is 0 Å². The number of nitrogens with one attached hydrogen (secondary N) is 1. The maximum absolute atomic E-state index is 12.7. The van der Waals surface area contributed by atoms with Gasteiger partial charge in [-0.1, -0.05) is 12.1 Å². The van der Waals surface area contributed by atoms with Gasteiger partial charge in [-0.15, -0.1) is 0 Å². The van der Waals surface area contributed by atoms with Crippen LogP contribution in [0.25, 0.3) is 0 Å². The van der Waals surface area contributed by atoms with Crippen molar-refractivity contribution in [3.63, 3.8) is 0 Å². The molecule has 0 aliphatic heterocycles. The third-order valence-electron chi connectivity index (χ3n) is 1.92. The maximum atomic E-state index is 12.7. The Morgan fingerprint density at radius 1 is 1.50 bits per heavy atom. The maximum Gasteiger partial charge on any atom is 0.123 e. The molecule has 0 heterocycles. The van der Waals surface area contributed by atoms with Crippen LogP contribution >= 0.6 is 0 Å². The summed E-state index contributed by atoms with van der Waals surface area (Å²) in [6.07, 6.45) is 0.451. The van der Waals surface area contributed by atoms with Crippen molar-refractivity contribution >= 4 is 0 Å². The summed E-state index contributed by atoms with van der Waals surface area (Å²) in [4.78, 5) is 0. The van der Waals surface area contributed by atoms with Gasteiger partial charge >= 0.3 is 0 Å².